The summed E-state index contributed by atoms with van der Waals surface area (Å²) >= 11 is 0. The van der Waals surface area contributed by atoms with Gasteiger partial charge in [0.25, 0.3) is 5.91 Å². The fourth-order valence-electron chi connectivity index (χ4n) is 4.76. The molecule has 0 spiro atoms. The van der Waals surface area contributed by atoms with E-state index in [2.05, 4.69) is 27.6 Å². The molecule has 3 N–H and O–H groups in total. The minimum Gasteiger partial charge on any atom is -0.490 e. The quantitative estimate of drug-likeness (QED) is 0.478. The molecule has 3 amide bonds. The van der Waals surface area contributed by atoms with E-state index in [9.17, 15) is 14.7 Å². The molecule has 1 aromatic heterocycles. The van der Waals surface area contributed by atoms with Gasteiger partial charge in [-0.05, 0) is 79.3 Å². The summed E-state index contributed by atoms with van der Waals surface area (Å²) in [6.45, 7) is 10.9. The number of nitrogens with one attached hydrogen (secondary N) is 2. The molecule has 0 aliphatic carbocycles. The van der Waals surface area contributed by atoms with Crippen LogP contribution in [0.15, 0.2) is 22.7 Å². The Bertz CT molecular complexity index is 1120. The van der Waals surface area contributed by atoms with Crippen molar-refractivity contribution in [2.45, 2.75) is 72.1 Å². The van der Waals surface area contributed by atoms with Crippen LogP contribution in [0.3, 0.4) is 0 Å². The summed E-state index contributed by atoms with van der Waals surface area (Å²) in [6.07, 6.45) is 2.45. The largest absolute Gasteiger partial charge is 0.490 e. The number of fused-ring (bicyclic) bond motifs is 1. The van der Waals surface area contributed by atoms with E-state index in [-0.39, 0.29) is 30.6 Å². The summed E-state index contributed by atoms with van der Waals surface area (Å²) < 4.78 is 17.6. The van der Waals surface area contributed by atoms with Gasteiger partial charge in [-0.15, -0.1) is 0 Å². The Morgan fingerprint density at radius 3 is 2.62 bits per heavy atom. The molecule has 0 radical (unpaired) electrons. The van der Waals surface area contributed by atoms with E-state index in [0.29, 0.717) is 47.3 Å². The van der Waals surface area contributed by atoms with E-state index >= 15 is 0 Å². The number of carbonyl (C=O) groups is 2. The average Bonchev–Trinajstić information content (AvgIpc) is 3.22. The predicted octanol–water partition coefficient (Wildman–Crippen LogP) is 4.29. The summed E-state index contributed by atoms with van der Waals surface area (Å²) in [5.74, 6) is 0.656. The summed E-state index contributed by atoms with van der Waals surface area (Å²) in [5, 5.41) is 19.5. The van der Waals surface area contributed by atoms with Crippen LogP contribution in [-0.2, 0) is 4.74 Å². The smallest absolute Gasteiger partial charge is 0.323 e. The van der Waals surface area contributed by atoms with Gasteiger partial charge in [0.15, 0.2) is 5.76 Å². The number of aliphatic hydroxyl groups is 1. The topological polar surface area (TPSA) is 129 Å². The molecule has 4 atom stereocenters. The van der Waals surface area contributed by atoms with Crippen molar-refractivity contribution in [1.82, 2.24) is 15.0 Å². The van der Waals surface area contributed by atoms with Crippen LogP contribution in [0.1, 0.15) is 61.8 Å². The molecule has 1 aliphatic rings. The molecular formula is C29H45N5O6. The van der Waals surface area contributed by atoms with Gasteiger partial charge in [0, 0.05) is 31.3 Å². The first-order valence-electron chi connectivity index (χ1n) is 14.0. The maximum absolute atomic E-state index is 14.1. The predicted molar refractivity (Wildman–Crippen MR) is 154 cm³/mol. The number of ether oxygens (including phenoxy) is 2. The van der Waals surface area contributed by atoms with Gasteiger partial charge in [-0.2, -0.15) is 0 Å². The van der Waals surface area contributed by atoms with Gasteiger partial charge in [-0.3, -0.25) is 4.79 Å². The Balaban J connectivity index is 1.94. The number of hydrogen-bond acceptors (Lipinski definition) is 8. The van der Waals surface area contributed by atoms with Gasteiger partial charge in [0.05, 0.1) is 30.4 Å². The number of amides is 3. The van der Waals surface area contributed by atoms with E-state index in [1.807, 2.05) is 27.9 Å². The van der Waals surface area contributed by atoms with Gasteiger partial charge in [-0.25, -0.2) is 4.79 Å². The van der Waals surface area contributed by atoms with Crippen LogP contribution < -0.4 is 15.4 Å². The van der Waals surface area contributed by atoms with Gasteiger partial charge < -0.3 is 39.5 Å². The molecule has 40 heavy (non-hydrogen) atoms. The standard InChI is InChI=1S/C29H45N5O6/c1-18-15-34(19(2)17-35)28(36)24-14-23(30-29(37)31-27-21(4)32-40-22(27)5)11-12-25(24)39-20(3)10-8-9-13-38-26(18)16-33(6)7/h11-12,14,18-20,26,35H,8-10,13,15-17H2,1-7H3,(H2,30,31,37)/t18-,19-,20-,26-/m0/s1. The van der Waals surface area contributed by atoms with Crippen molar-refractivity contribution >= 4 is 23.3 Å². The number of nitrogens with zero attached hydrogens (tertiary/aromatic N) is 3. The maximum Gasteiger partial charge on any atom is 0.323 e. The van der Waals surface area contributed by atoms with Gasteiger partial charge in [-0.1, -0.05) is 12.1 Å². The van der Waals surface area contributed by atoms with Gasteiger partial charge in [0.1, 0.15) is 17.1 Å². The number of aryl methyl sites for hydroxylation is 2. The number of carbonyl (C=O) groups excluding carboxylic acids is 2. The van der Waals surface area contributed by atoms with E-state index < -0.39 is 12.1 Å². The van der Waals surface area contributed by atoms with Crippen molar-refractivity contribution in [3.63, 3.8) is 0 Å². The van der Waals surface area contributed by atoms with Crippen molar-refractivity contribution in [2.75, 3.05) is 51.0 Å². The molecule has 2 aromatic rings. The number of anilines is 2. The molecule has 0 bridgehead atoms. The fourth-order valence-corrected chi connectivity index (χ4v) is 4.76. The third-order valence-corrected chi connectivity index (χ3v) is 7.13. The van der Waals surface area contributed by atoms with Gasteiger partial charge in [0.2, 0.25) is 0 Å². The summed E-state index contributed by atoms with van der Waals surface area (Å²) in [5.41, 5.74) is 1.80. The van der Waals surface area contributed by atoms with Crippen LogP contribution in [0.4, 0.5) is 16.2 Å². The third kappa shape index (κ3) is 8.42. The van der Waals surface area contributed by atoms with Crippen LogP contribution in [0.25, 0.3) is 0 Å². The number of aromatic nitrogens is 1. The second-order valence-corrected chi connectivity index (χ2v) is 11.1. The monoisotopic (exact) mass is 559 g/mol. The Kier molecular flexibility index (Phi) is 11.4. The number of benzene rings is 1. The molecule has 1 aromatic carbocycles. The highest BCUT2D eigenvalue weighted by Crippen LogP contribution is 2.29. The first-order chi connectivity index (χ1) is 19.0. The second kappa shape index (κ2) is 14.5. The van der Waals surface area contributed by atoms with E-state index in [0.717, 1.165) is 25.8 Å². The minimum absolute atomic E-state index is 0.00807. The highest BCUT2D eigenvalue weighted by atomic mass is 16.5. The Morgan fingerprint density at radius 1 is 1.23 bits per heavy atom. The lowest BCUT2D eigenvalue weighted by Gasteiger charge is -2.35. The molecule has 222 valence electrons. The normalized spacial score (nSPS) is 21.8. The zero-order valence-electron chi connectivity index (χ0n) is 24.8. The number of aliphatic hydroxyl groups excluding tert-OH is 1. The molecule has 11 heteroatoms. The molecule has 0 saturated heterocycles. The highest BCUT2D eigenvalue weighted by molar-refractivity contribution is 6.03. The molecule has 2 heterocycles. The first kappa shape index (κ1) is 31.4. The van der Waals surface area contributed by atoms with Crippen molar-refractivity contribution < 1.29 is 28.7 Å². The Hall–Kier alpha value is -3.15. The molecule has 1 aliphatic heterocycles. The van der Waals surface area contributed by atoms with Crippen molar-refractivity contribution in [2.24, 2.45) is 5.92 Å². The lowest BCUT2D eigenvalue weighted by atomic mass is 10.0. The Labute approximate surface area is 237 Å². The Morgan fingerprint density at radius 2 is 1.98 bits per heavy atom. The van der Waals surface area contributed by atoms with Crippen molar-refractivity contribution in [1.29, 1.82) is 0 Å². The summed E-state index contributed by atoms with van der Waals surface area (Å²) in [7, 11) is 4.01. The number of urea groups is 1. The van der Waals surface area contributed by atoms with Crippen LogP contribution in [0.5, 0.6) is 5.75 Å². The van der Waals surface area contributed by atoms with Crippen LogP contribution in [0.2, 0.25) is 0 Å². The second-order valence-electron chi connectivity index (χ2n) is 11.1. The first-order valence-corrected chi connectivity index (χ1v) is 14.0. The summed E-state index contributed by atoms with van der Waals surface area (Å²) in [4.78, 5) is 30.6. The van der Waals surface area contributed by atoms with Crippen LogP contribution in [0, 0.1) is 19.8 Å². The number of likely N-dealkylation sites (N-methyl/N-ethyl adjacent to an activating group) is 1. The maximum atomic E-state index is 14.1. The van der Waals surface area contributed by atoms with Crippen molar-refractivity contribution in [3.05, 3.63) is 35.2 Å². The summed E-state index contributed by atoms with van der Waals surface area (Å²) in [6, 6.07) is 4.11. The van der Waals surface area contributed by atoms with E-state index in [1.54, 1.807) is 36.9 Å². The number of hydrogen-bond donors (Lipinski definition) is 3. The molecule has 11 nitrogen and oxygen atoms in total. The van der Waals surface area contributed by atoms with Crippen LogP contribution >= 0.6 is 0 Å². The zero-order chi connectivity index (χ0) is 29.4. The SMILES string of the molecule is Cc1noc(C)c1NC(=O)Nc1ccc2c(c1)C(=O)N([C@@H](C)CO)C[C@H](C)[C@H](CN(C)C)OCCCC[C@H](C)O2. The highest BCUT2D eigenvalue weighted by Gasteiger charge is 2.30. The lowest BCUT2D eigenvalue weighted by Crippen LogP contribution is -2.47. The van der Waals surface area contributed by atoms with Crippen molar-refractivity contribution in [3.8, 4) is 5.75 Å². The zero-order valence-corrected chi connectivity index (χ0v) is 24.8. The molecule has 0 saturated carbocycles. The minimum atomic E-state index is -0.491. The third-order valence-electron chi connectivity index (χ3n) is 7.13. The lowest BCUT2D eigenvalue weighted by molar-refractivity contribution is -0.0137. The molecule has 0 fully saturated rings. The fraction of sp³-hybridized carbons (Fsp3) is 0.621. The molecule has 0 unspecified atom stereocenters. The molecule has 3 rings (SSSR count). The van der Waals surface area contributed by atoms with Crippen LogP contribution in [-0.4, -0.2) is 90.6 Å². The van der Waals surface area contributed by atoms with Gasteiger partial charge >= 0.3 is 6.03 Å². The molecular weight excluding hydrogens is 514 g/mol. The average molecular weight is 560 g/mol. The number of rotatable bonds is 6. The van der Waals surface area contributed by atoms with E-state index in [4.69, 9.17) is 14.0 Å². The van der Waals surface area contributed by atoms with E-state index in [1.165, 1.54) is 0 Å².